The van der Waals surface area contributed by atoms with Crippen molar-refractivity contribution in [3.63, 3.8) is 0 Å². The second kappa shape index (κ2) is 5.03. The highest BCUT2D eigenvalue weighted by Gasteiger charge is 2.20. The van der Waals surface area contributed by atoms with Crippen molar-refractivity contribution >= 4 is 11.8 Å². The van der Waals surface area contributed by atoms with Gasteiger partial charge in [-0.25, -0.2) is 0 Å². The summed E-state index contributed by atoms with van der Waals surface area (Å²) in [4.78, 5) is 12.1. The number of thioether (sulfide) groups is 1. The third kappa shape index (κ3) is 2.76. The van der Waals surface area contributed by atoms with Crippen molar-refractivity contribution in [2.75, 3.05) is 12.3 Å². The van der Waals surface area contributed by atoms with Crippen molar-refractivity contribution in [1.29, 1.82) is 0 Å². The van der Waals surface area contributed by atoms with Gasteiger partial charge in [-0.05, 0) is 5.56 Å². The lowest BCUT2D eigenvalue weighted by atomic mass is 10.2. The maximum Gasteiger partial charge on any atom is 0.264 e. The van der Waals surface area contributed by atoms with Crippen LogP contribution in [0.4, 0.5) is 0 Å². The second-order valence-electron chi connectivity index (χ2n) is 3.51. The first kappa shape index (κ1) is 11.0. The fourth-order valence-corrected chi connectivity index (χ4v) is 2.65. The van der Waals surface area contributed by atoms with Gasteiger partial charge in [0.15, 0.2) is 0 Å². The van der Waals surface area contributed by atoms with E-state index in [4.69, 9.17) is 0 Å². The quantitative estimate of drug-likeness (QED) is 0.597. The molecule has 2 rings (SSSR count). The molecule has 1 aromatic rings. The van der Waals surface area contributed by atoms with Crippen LogP contribution in [-0.4, -0.2) is 22.1 Å². The van der Waals surface area contributed by atoms with E-state index in [1.54, 1.807) is 11.8 Å². The van der Waals surface area contributed by atoms with Crippen LogP contribution in [0.25, 0.3) is 0 Å². The van der Waals surface area contributed by atoms with Crippen LogP contribution in [0.3, 0.4) is 0 Å². The molecule has 0 N–H and O–H groups in total. The molecule has 0 spiro atoms. The molecule has 16 heavy (non-hydrogen) atoms. The van der Waals surface area contributed by atoms with Crippen LogP contribution in [0.5, 0.6) is 0 Å². The Morgan fingerprint density at radius 2 is 2.19 bits per heavy atom. The normalized spacial score (nSPS) is 18.0. The predicted molar refractivity (Wildman–Crippen MR) is 64.4 cm³/mol. The zero-order valence-electron chi connectivity index (χ0n) is 8.70. The van der Waals surface area contributed by atoms with Gasteiger partial charge in [-0.2, -0.15) is 0 Å². The summed E-state index contributed by atoms with van der Waals surface area (Å²) in [5.41, 5.74) is 1.18. The summed E-state index contributed by atoms with van der Waals surface area (Å²) >= 11 is 1.54. The van der Waals surface area contributed by atoms with Crippen molar-refractivity contribution in [2.45, 2.75) is 6.54 Å². The number of benzene rings is 1. The Kier molecular flexibility index (Phi) is 3.46. The number of nitro groups is 1. The Hall–Kier alpha value is -1.49. The second-order valence-corrected chi connectivity index (χ2v) is 4.62. The Labute approximate surface area is 98.1 Å². The molecular weight excluding hydrogens is 224 g/mol. The Bertz CT molecular complexity index is 406. The van der Waals surface area contributed by atoms with Crippen LogP contribution in [-0.2, 0) is 6.54 Å². The van der Waals surface area contributed by atoms with Gasteiger partial charge in [0.2, 0.25) is 0 Å². The molecule has 0 radical (unpaired) electrons. The van der Waals surface area contributed by atoms with Crippen LogP contribution in [0.1, 0.15) is 5.56 Å². The highest BCUT2D eigenvalue weighted by molar-refractivity contribution is 8.03. The van der Waals surface area contributed by atoms with E-state index in [0.717, 1.165) is 30.1 Å². The zero-order chi connectivity index (χ0) is 11.4. The van der Waals surface area contributed by atoms with Gasteiger partial charge in [0.1, 0.15) is 5.03 Å². The lowest BCUT2D eigenvalue weighted by Gasteiger charge is -2.17. The predicted octanol–water partition coefficient (Wildman–Crippen LogP) is 2.31. The molecule has 4 nitrogen and oxygen atoms in total. The molecule has 1 fully saturated rings. The molecule has 1 heterocycles. The van der Waals surface area contributed by atoms with E-state index in [1.165, 1.54) is 5.56 Å². The molecule has 0 atom stereocenters. The monoisotopic (exact) mass is 236 g/mol. The average Bonchev–Trinajstić information content (AvgIpc) is 2.66. The molecule has 0 unspecified atom stereocenters. The van der Waals surface area contributed by atoms with Crippen molar-refractivity contribution in [3.8, 4) is 0 Å². The molecule has 0 aromatic heterocycles. The van der Waals surface area contributed by atoms with Crippen molar-refractivity contribution in [3.05, 3.63) is 57.2 Å². The highest BCUT2D eigenvalue weighted by Crippen LogP contribution is 2.28. The number of hydrogen-bond donors (Lipinski definition) is 0. The molecule has 1 saturated heterocycles. The van der Waals surface area contributed by atoms with Crippen molar-refractivity contribution < 1.29 is 4.92 Å². The van der Waals surface area contributed by atoms with E-state index < -0.39 is 0 Å². The summed E-state index contributed by atoms with van der Waals surface area (Å²) in [6, 6.07) is 10.0. The van der Waals surface area contributed by atoms with Gasteiger partial charge in [0, 0.05) is 18.8 Å². The molecule has 0 saturated carbocycles. The molecule has 1 aliphatic rings. The van der Waals surface area contributed by atoms with Gasteiger partial charge < -0.3 is 4.90 Å². The Morgan fingerprint density at radius 1 is 1.44 bits per heavy atom. The minimum atomic E-state index is -0.383. The Morgan fingerprint density at radius 3 is 2.88 bits per heavy atom. The molecule has 1 aromatic carbocycles. The van der Waals surface area contributed by atoms with Crippen molar-refractivity contribution in [1.82, 2.24) is 4.90 Å². The van der Waals surface area contributed by atoms with Gasteiger partial charge in [-0.1, -0.05) is 30.3 Å². The summed E-state index contributed by atoms with van der Waals surface area (Å²) in [6.07, 6.45) is 1.10. The minimum absolute atomic E-state index is 0.383. The van der Waals surface area contributed by atoms with Gasteiger partial charge in [0.25, 0.3) is 6.20 Å². The standard InChI is InChI=1S/C11H12N2O2S/c14-13(15)9-11-12(6-7-16-11)8-10-4-2-1-3-5-10/h1-5,9H,6-8H2/b11-9+. The third-order valence-corrected chi connectivity index (χ3v) is 3.40. The van der Waals surface area contributed by atoms with E-state index in [0.29, 0.717) is 0 Å². The van der Waals surface area contributed by atoms with Crippen LogP contribution in [0.15, 0.2) is 41.6 Å². The average molecular weight is 236 g/mol. The summed E-state index contributed by atoms with van der Waals surface area (Å²) in [7, 11) is 0. The van der Waals surface area contributed by atoms with E-state index in [1.807, 2.05) is 35.2 Å². The van der Waals surface area contributed by atoms with Gasteiger partial charge in [0.05, 0.1) is 4.92 Å². The number of rotatable bonds is 3. The van der Waals surface area contributed by atoms with E-state index in [9.17, 15) is 10.1 Å². The fourth-order valence-electron chi connectivity index (χ4n) is 1.63. The first-order chi connectivity index (χ1) is 7.75. The Balaban J connectivity index is 2.07. The first-order valence-electron chi connectivity index (χ1n) is 5.03. The summed E-state index contributed by atoms with van der Waals surface area (Å²) in [5, 5.41) is 11.2. The largest absolute Gasteiger partial charge is 0.356 e. The number of hydrogen-bond acceptors (Lipinski definition) is 4. The van der Waals surface area contributed by atoms with Crippen LogP contribution in [0, 0.1) is 10.1 Å². The molecule has 84 valence electrons. The summed E-state index contributed by atoms with van der Waals surface area (Å²) in [5.74, 6) is 0.923. The smallest absolute Gasteiger partial charge is 0.264 e. The van der Waals surface area contributed by atoms with E-state index in [-0.39, 0.29) is 4.92 Å². The first-order valence-corrected chi connectivity index (χ1v) is 6.01. The maximum absolute atomic E-state index is 10.4. The van der Waals surface area contributed by atoms with Crippen LogP contribution < -0.4 is 0 Å². The minimum Gasteiger partial charge on any atom is -0.356 e. The molecular formula is C11H12N2O2S. The molecule has 0 amide bonds. The molecule has 5 heteroatoms. The van der Waals surface area contributed by atoms with Gasteiger partial charge >= 0.3 is 0 Å². The third-order valence-electron chi connectivity index (χ3n) is 2.35. The molecule has 1 aliphatic heterocycles. The van der Waals surface area contributed by atoms with E-state index in [2.05, 4.69) is 0 Å². The number of nitrogens with zero attached hydrogens (tertiary/aromatic N) is 2. The highest BCUT2D eigenvalue weighted by atomic mass is 32.2. The lowest BCUT2D eigenvalue weighted by molar-refractivity contribution is -0.403. The van der Waals surface area contributed by atoms with E-state index >= 15 is 0 Å². The summed E-state index contributed by atoms with van der Waals surface area (Å²) in [6.45, 7) is 1.62. The van der Waals surface area contributed by atoms with Crippen molar-refractivity contribution in [2.24, 2.45) is 0 Å². The fraction of sp³-hybridized carbons (Fsp3) is 0.273. The zero-order valence-corrected chi connectivity index (χ0v) is 9.52. The topological polar surface area (TPSA) is 46.4 Å². The van der Waals surface area contributed by atoms with Gasteiger partial charge in [-0.15, -0.1) is 11.8 Å². The van der Waals surface area contributed by atoms with Crippen LogP contribution in [0.2, 0.25) is 0 Å². The SMILES string of the molecule is O=[N+]([O-])/C=C1/SCCN1Cc1ccccc1. The van der Waals surface area contributed by atoms with Gasteiger partial charge in [-0.3, -0.25) is 10.1 Å². The maximum atomic E-state index is 10.4. The summed E-state index contributed by atoms with van der Waals surface area (Å²) < 4.78 is 0. The molecule has 0 bridgehead atoms. The molecule has 0 aliphatic carbocycles. The lowest BCUT2D eigenvalue weighted by Crippen LogP contribution is -2.18. The van der Waals surface area contributed by atoms with Crippen LogP contribution >= 0.6 is 11.8 Å².